The summed E-state index contributed by atoms with van der Waals surface area (Å²) in [6, 6.07) is 6.21. The lowest BCUT2D eigenvalue weighted by atomic mass is 9.91. The van der Waals surface area contributed by atoms with Crippen molar-refractivity contribution in [3.05, 3.63) is 38.8 Å². The van der Waals surface area contributed by atoms with Crippen LogP contribution in [0.25, 0.3) is 0 Å². The van der Waals surface area contributed by atoms with Crippen molar-refractivity contribution >= 4 is 45.9 Å². The highest BCUT2D eigenvalue weighted by Crippen LogP contribution is 2.33. The van der Waals surface area contributed by atoms with Crippen LogP contribution < -0.4 is 10.2 Å². The maximum Gasteiger partial charge on any atom is 0.183 e. The third-order valence-electron chi connectivity index (χ3n) is 4.15. The Morgan fingerprint density at radius 1 is 1.26 bits per heavy atom. The fraction of sp³-hybridized carbons (Fsp3) is 0.471. The van der Waals surface area contributed by atoms with Gasteiger partial charge in [-0.2, -0.15) is 0 Å². The van der Waals surface area contributed by atoms with Crippen LogP contribution in [0.3, 0.4) is 0 Å². The highest BCUT2D eigenvalue weighted by atomic mass is 35.5. The van der Waals surface area contributed by atoms with Crippen LogP contribution in [-0.2, 0) is 6.54 Å². The van der Waals surface area contributed by atoms with E-state index in [2.05, 4.69) is 41.2 Å². The minimum absolute atomic E-state index is 0.573. The van der Waals surface area contributed by atoms with E-state index < -0.39 is 0 Å². The first-order valence-corrected chi connectivity index (χ1v) is 9.47. The Labute approximate surface area is 151 Å². The van der Waals surface area contributed by atoms with Gasteiger partial charge in [0.15, 0.2) is 4.47 Å². The molecule has 1 aromatic heterocycles. The number of aromatic nitrogens is 1. The first-order valence-electron chi connectivity index (χ1n) is 7.90. The summed E-state index contributed by atoms with van der Waals surface area (Å²) >= 11 is 13.9. The maximum absolute atomic E-state index is 6.53. The molecule has 0 amide bonds. The van der Waals surface area contributed by atoms with Crippen molar-refractivity contribution in [2.45, 2.75) is 26.8 Å². The van der Waals surface area contributed by atoms with Gasteiger partial charge in [-0.05, 0) is 36.5 Å². The molecule has 2 unspecified atom stereocenters. The lowest BCUT2D eigenvalue weighted by Crippen LogP contribution is -2.38. The monoisotopic (exact) mass is 369 g/mol. The minimum Gasteiger partial charge on any atom is -0.380 e. The molecule has 2 atom stereocenters. The van der Waals surface area contributed by atoms with Gasteiger partial charge in [-0.25, -0.2) is 4.98 Å². The average molecular weight is 370 g/mol. The van der Waals surface area contributed by atoms with Crippen molar-refractivity contribution < 1.29 is 0 Å². The van der Waals surface area contributed by atoms with Crippen LogP contribution in [0.2, 0.25) is 9.49 Å². The largest absolute Gasteiger partial charge is 0.380 e. The molecule has 1 aliphatic rings. The van der Waals surface area contributed by atoms with E-state index in [9.17, 15) is 0 Å². The molecule has 0 saturated carbocycles. The third-order valence-corrected chi connectivity index (χ3v) is 5.57. The number of thiazole rings is 1. The van der Waals surface area contributed by atoms with Crippen molar-refractivity contribution in [1.82, 2.24) is 4.98 Å². The van der Waals surface area contributed by atoms with Gasteiger partial charge in [0.1, 0.15) is 0 Å². The molecule has 0 radical (unpaired) electrons. The molecule has 3 nitrogen and oxygen atoms in total. The molecule has 0 bridgehead atoms. The van der Waals surface area contributed by atoms with Crippen LogP contribution in [-0.4, -0.2) is 18.1 Å². The summed E-state index contributed by atoms with van der Waals surface area (Å²) in [7, 11) is 0. The number of halogens is 2. The van der Waals surface area contributed by atoms with E-state index in [0.29, 0.717) is 22.8 Å². The zero-order valence-electron chi connectivity index (χ0n) is 13.4. The number of anilines is 2. The van der Waals surface area contributed by atoms with Crippen LogP contribution in [0, 0.1) is 11.8 Å². The topological polar surface area (TPSA) is 28.2 Å². The Morgan fingerprint density at radius 3 is 2.61 bits per heavy atom. The van der Waals surface area contributed by atoms with Gasteiger partial charge in [0.25, 0.3) is 0 Å². The Bertz CT molecular complexity index is 664. The van der Waals surface area contributed by atoms with E-state index in [0.717, 1.165) is 34.4 Å². The second-order valence-corrected chi connectivity index (χ2v) is 8.55. The van der Waals surface area contributed by atoms with Crippen molar-refractivity contribution in [3.8, 4) is 0 Å². The van der Waals surface area contributed by atoms with Gasteiger partial charge in [0.05, 0.1) is 17.3 Å². The lowest BCUT2D eigenvalue weighted by molar-refractivity contribution is 0.357. The summed E-state index contributed by atoms with van der Waals surface area (Å²) in [5, 5.41) is 4.18. The molecule has 1 saturated heterocycles. The first kappa shape index (κ1) is 16.9. The van der Waals surface area contributed by atoms with Crippen molar-refractivity contribution in [2.24, 2.45) is 11.8 Å². The number of nitrogens with zero attached hydrogens (tertiary/aromatic N) is 2. The minimum atomic E-state index is 0.573. The van der Waals surface area contributed by atoms with Crippen LogP contribution in [0.15, 0.2) is 24.4 Å². The zero-order chi connectivity index (χ0) is 16.4. The van der Waals surface area contributed by atoms with E-state index in [1.165, 1.54) is 17.8 Å². The van der Waals surface area contributed by atoms with E-state index in [-0.39, 0.29) is 0 Å². The van der Waals surface area contributed by atoms with Gasteiger partial charge in [-0.15, -0.1) is 11.3 Å². The first-order chi connectivity index (χ1) is 11.0. The number of piperidine rings is 1. The van der Waals surface area contributed by atoms with Gasteiger partial charge in [-0.1, -0.05) is 37.0 Å². The van der Waals surface area contributed by atoms with Gasteiger partial charge in [0.2, 0.25) is 0 Å². The summed E-state index contributed by atoms with van der Waals surface area (Å²) in [6.45, 7) is 7.49. The number of hydrogen-bond acceptors (Lipinski definition) is 4. The molecule has 1 aromatic carbocycles. The number of rotatable bonds is 4. The van der Waals surface area contributed by atoms with Gasteiger partial charge < -0.3 is 10.2 Å². The molecule has 2 heterocycles. The number of hydrogen-bond donors (Lipinski definition) is 1. The normalized spacial score (nSPS) is 21.5. The van der Waals surface area contributed by atoms with Crippen molar-refractivity contribution in [1.29, 1.82) is 0 Å². The highest BCUT2D eigenvalue weighted by molar-refractivity contribution is 7.15. The summed E-state index contributed by atoms with van der Waals surface area (Å²) in [6.07, 6.45) is 3.09. The Kier molecular flexibility index (Phi) is 5.34. The highest BCUT2D eigenvalue weighted by Gasteiger charge is 2.23. The van der Waals surface area contributed by atoms with E-state index in [1.807, 2.05) is 6.07 Å². The second kappa shape index (κ2) is 7.29. The maximum atomic E-state index is 6.53. The Hall–Kier alpha value is -0.970. The molecule has 3 rings (SSSR count). The summed E-state index contributed by atoms with van der Waals surface area (Å²) in [4.78, 5) is 7.56. The summed E-state index contributed by atoms with van der Waals surface area (Å²) in [5.41, 5.74) is 2.15. The second-order valence-electron chi connectivity index (χ2n) is 6.45. The standard InChI is InChI=1S/C17H21Cl2N3S/c1-11-5-12(2)10-22(9-11)16-4-3-13(6-15(16)18)20-7-14-8-21-17(19)23-14/h3-4,6,8,11-12,20H,5,7,9-10H2,1-2H3. The third kappa shape index (κ3) is 4.31. The SMILES string of the molecule is CC1CC(C)CN(c2ccc(NCc3cnc(Cl)s3)cc2Cl)C1. The molecule has 2 aromatic rings. The smallest absolute Gasteiger partial charge is 0.183 e. The van der Waals surface area contributed by atoms with E-state index >= 15 is 0 Å². The molecular weight excluding hydrogens is 349 g/mol. The molecule has 6 heteroatoms. The predicted octanol–water partition coefficient (Wildman–Crippen LogP) is 5.54. The summed E-state index contributed by atoms with van der Waals surface area (Å²) in [5.74, 6) is 1.42. The Balaban J connectivity index is 1.68. The van der Waals surface area contributed by atoms with Gasteiger partial charge >= 0.3 is 0 Å². The average Bonchev–Trinajstić information content (AvgIpc) is 2.90. The fourth-order valence-electron chi connectivity index (χ4n) is 3.29. The lowest BCUT2D eigenvalue weighted by Gasteiger charge is -2.37. The zero-order valence-corrected chi connectivity index (χ0v) is 15.7. The predicted molar refractivity (Wildman–Crippen MR) is 101 cm³/mol. The molecule has 1 fully saturated rings. The molecule has 124 valence electrons. The number of benzene rings is 1. The van der Waals surface area contributed by atoms with Crippen LogP contribution in [0.1, 0.15) is 25.1 Å². The van der Waals surface area contributed by atoms with E-state index in [1.54, 1.807) is 6.20 Å². The fourth-order valence-corrected chi connectivity index (χ4v) is 4.51. The molecule has 23 heavy (non-hydrogen) atoms. The van der Waals surface area contributed by atoms with Crippen LogP contribution >= 0.6 is 34.5 Å². The molecular formula is C17H21Cl2N3S. The molecule has 0 spiro atoms. The summed E-state index contributed by atoms with van der Waals surface area (Å²) < 4.78 is 0.573. The quantitative estimate of drug-likeness (QED) is 0.765. The molecule has 1 aliphatic heterocycles. The van der Waals surface area contributed by atoms with Gasteiger partial charge in [0, 0.05) is 29.9 Å². The number of nitrogens with one attached hydrogen (secondary N) is 1. The van der Waals surface area contributed by atoms with Crippen LogP contribution in [0.4, 0.5) is 11.4 Å². The van der Waals surface area contributed by atoms with Crippen molar-refractivity contribution in [3.63, 3.8) is 0 Å². The van der Waals surface area contributed by atoms with E-state index in [4.69, 9.17) is 23.2 Å². The molecule has 1 N–H and O–H groups in total. The Morgan fingerprint density at radius 2 is 2.00 bits per heavy atom. The van der Waals surface area contributed by atoms with Crippen molar-refractivity contribution in [2.75, 3.05) is 23.3 Å². The van der Waals surface area contributed by atoms with Gasteiger partial charge in [-0.3, -0.25) is 0 Å². The molecule has 0 aliphatic carbocycles. The van der Waals surface area contributed by atoms with Crippen LogP contribution in [0.5, 0.6) is 0 Å².